The number of nitrogens with zero attached hydrogens (tertiary/aromatic N) is 3. The largest absolute Gasteiger partial charge is 0.352 e. The second-order valence-corrected chi connectivity index (χ2v) is 6.78. The zero-order chi connectivity index (χ0) is 18.9. The van der Waals surface area contributed by atoms with E-state index >= 15 is 0 Å². The van der Waals surface area contributed by atoms with Crippen LogP contribution in [0.3, 0.4) is 0 Å². The van der Waals surface area contributed by atoms with Crippen LogP contribution in [0.5, 0.6) is 0 Å². The van der Waals surface area contributed by atoms with Crippen LogP contribution >= 0.6 is 11.8 Å². The number of nitrogens with one attached hydrogen (secondary N) is 1. The van der Waals surface area contributed by atoms with Gasteiger partial charge in [-0.3, -0.25) is 4.79 Å². The standard InChI is InChI=1S/C18H19N5O2S/c1-12(22-23-20)15(21-18(19)25)17(26-14-10-6-3-7-11-14)16(24)13-8-4-2-5-9-13/h2-12,15,17H,1H3,(H3,19,21,25). The number of azide groups is 1. The first-order chi connectivity index (χ1) is 12.5. The van der Waals surface area contributed by atoms with Crippen LogP contribution in [0, 0.1) is 0 Å². The lowest BCUT2D eigenvalue weighted by atomic mass is 9.99. The Bertz CT molecular complexity index is 794. The summed E-state index contributed by atoms with van der Waals surface area (Å²) in [6.45, 7) is 1.64. The predicted octanol–water partition coefficient (Wildman–Crippen LogP) is 3.77. The van der Waals surface area contributed by atoms with Crippen LogP contribution < -0.4 is 11.1 Å². The van der Waals surface area contributed by atoms with Crippen molar-refractivity contribution in [1.29, 1.82) is 0 Å². The molecule has 0 aliphatic rings. The summed E-state index contributed by atoms with van der Waals surface area (Å²) >= 11 is 1.29. The number of primary amides is 1. The lowest BCUT2D eigenvalue weighted by Crippen LogP contribution is -2.52. The normalized spacial score (nSPS) is 13.7. The Morgan fingerprint density at radius 2 is 1.69 bits per heavy atom. The van der Waals surface area contributed by atoms with Crippen LogP contribution in [0.4, 0.5) is 4.79 Å². The number of hydrogen-bond donors (Lipinski definition) is 2. The smallest absolute Gasteiger partial charge is 0.312 e. The van der Waals surface area contributed by atoms with E-state index in [1.165, 1.54) is 11.8 Å². The fourth-order valence-corrected chi connectivity index (χ4v) is 3.76. The maximum atomic E-state index is 13.1. The summed E-state index contributed by atoms with van der Waals surface area (Å²) < 4.78 is 0. The number of nitrogens with two attached hydrogens (primary N) is 1. The quantitative estimate of drug-likeness (QED) is 0.242. The zero-order valence-corrected chi connectivity index (χ0v) is 15.0. The summed E-state index contributed by atoms with van der Waals surface area (Å²) in [4.78, 5) is 28.3. The molecule has 26 heavy (non-hydrogen) atoms. The summed E-state index contributed by atoms with van der Waals surface area (Å²) in [7, 11) is 0. The molecule has 0 saturated heterocycles. The molecule has 3 atom stereocenters. The molecule has 0 heterocycles. The second kappa shape index (κ2) is 9.50. The van der Waals surface area contributed by atoms with E-state index in [4.69, 9.17) is 11.3 Å². The highest BCUT2D eigenvalue weighted by Crippen LogP contribution is 2.30. The molecule has 2 aromatic rings. The molecule has 134 valence electrons. The van der Waals surface area contributed by atoms with Crippen LogP contribution in [-0.2, 0) is 0 Å². The molecular formula is C18H19N5O2S. The Labute approximate surface area is 155 Å². The monoisotopic (exact) mass is 369 g/mol. The summed E-state index contributed by atoms with van der Waals surface area (Å²) in [5.74, 6) is -0.182. The highest BCUT2D eigenvalue weighted by Gasteiger charge is 2.34. The number of hydrogen-bond acceptors (Lipinski definition) is 4. The molecule has 0 aliphatic heterocycles. The van der Waals surface area contributed by atoms with Crippen LogP contribution in [-0.4, -0.2) is 29.1 Å². The highest BCUT2D eigenvalue weighted by molar-refractivity contribution is 8.00. The van der Waals surface area contributed by atoms with E-state index in [0.717, 1.165) is 4.90 Å². The van der Waals surface area contributed by atoms with Gasteiger partial charge in [0.2, 0.25) is 0 Å². The van der Waals surface area contributed by atoms with Crippen molar-refractivity contribution in [3.8, 4) is 0 Å². The number of benzene rings is 2. The zero-order valence-electron chi connectivity index (χ0n) is 14.1. The topological polar surface area (TPSA) is 121 Å². The van der Waals surface area contributed by atoms with Gasteiger partial charge in [0.05, 0.1) is 17.3 Å². The maximum Gasteiger partial charge on any atom is 0.312 e. The summed E-state index contributed by atoms with van der Waals surface area (Å²) in [6.07, 6.45) is 0. The average Bonchev–Trinajstić information content (AvgIpc) is 2.65. The third-order valence-electron chi connectivity index (χ3n) is 3.71. The molecule has 3 N–H and O–H groups in total. The van der Waals surface area contributed by atoms with E-state index in [2.05, 4.69) is 15.3 Å². The average molecular weight is 369 g/mol. The molecule has 3 unspecified atom stereocenters. The SMILES string of the molecule is CC(N=[N+]=[N-])C(NC(N)=O)C(Sc1ccccc1)C(=O)c1ccccc1. The van der Waals surface area contributed by atoms with E-state index in [9.17, 15) is 9.59 Å². The van der Waals surface area contributed by atoms with E-state index in [1.54, 1.807) is 31.2 Å². The first-order valence-electron chi connectivity index (χ1n) is 7.94. The van der Waals surface area contributed by atoms with E-state index in [1.807, 2.05) is 36.4 Å². The van der Waals surface area contributed by atoms with E-state index in [0.29, 0.717) is 5.56 Å². The maximum absolute atomic E-state index is 13.1. The summed E-state index contributed by atoms with van der Waals surface area (Å²) in [5.41, 5.74) is 14.6. The van der Waals surface area contributed by atoms with Gasteiger partial charge in [0.25, 0.3) is 0 Å². The summed E-state index contributed by atoms with van der Waals surface area (Å²) in [6, 6.07) is 15.9. The molecular weight excluding hydrogens is 350 g/mol. The Kier molecular flexibility index (Phi) is 7.08. The van der Waals surface area contributed by atoms with Gasteiger partial charge in [0.1, 0.15) is 0 Å². The molecule has 2 rings (SSSR count). The fraction of sp³-hybridized carbons (Fsp3) is 0.222. The second-order valence-electron chi connectivity index (χ2n) is 5.56. The number of carbonyl (C=O) groups excluding carboxylic acids is 2. The summed E-state index contributed by atoms with van der Waals surface area (Å²) in [5, 5.41) is 5.51. The van der Waals surface area contributed by atoms with Crippen LogP contribution in [0.2, 0.25) is 0 Å². The number of Topliss-reactive ketones (excluding diaryl/α,β-unsaturated/α-hetero) is 1. The van der Waals surface area contributed by atoms with Crippen molar-refractivity contribution in [3.63, 3.8) is 0 Å². The van der Waals surface area contributed by atoms with Crippen molar-refractivity contribution < 1.29 is 9.59 Å². The Balaban J connectivity index is 2.43. The van der Waals surface area contributed by atoms with Crippen molar-refractivity contribution in [3.05, 3.63) is 76.7 Å². The van der Waals surface area contributed by atoms with Gasteiger partial charge in [0, 0.05) is 15.4 Å². The molecule has 0 spiro atoms. The Hall–Kier alpha value is -2.96. The van der Waals surface area contributed by atoms with Crippen molar-refractivity contribution >= 4 is 23.6 Å². The van der Waals surface area contributed by atoms with Gasteiger partial charge in [-0.05, 0) is 17.7 Å². The third-order valence-corrected chi connectivity index (χ3v) is 5.02. The van der Waals surface area contributed by atoms with Crippen LogP contribution in [0.15, 0.2) is 70.7 Å². The molecule has 0 aliphatic carbocycles. The van der Waals surface area contributed by atoms with Gasteiger partial charge >= 0.3 is 6.03 Å². The van der Waals surface area contributed by atoms with Crippen LogP contribution in [0.1, 0.15) is 17.3 Å². The third kappa shape index (κ3) is 5.27. The van der Waals surface area contributed by atoms with Crippen molar-refractivity contribution in [2.45, 2.75) is 29.2 Å². The Morgan fingerprint density at radius 3 is 2.23 bits per heavy atom. The van der Waals surface area contributed by atoms with E-state index in [-0.39, 0.29) is 5.78 Å². The molecule has 2 aromatic carbocycles. The Morgan fingerprint density at radius 1 is 1.12 bits per heavy atom. The minimum atomic E-state index is -0.783. The molecule has 0 saturated carbocycles. The number of rotatable bonds is 8. The predicted molar refractivity (Wildman–Crippen MR) is 102 cm³/mol. The van der Waals surface area contributed by atoms with Crippen LogP contribution in [0.25, 0.3) is 10.4 Å². The first-order valence-corrected chi connectivity index (χ1v) is 8.82. The minimum absolute atomic E-state index is 0.182. The van der Waals surface area contributed by atoms with Crippen molar-refractivity contribution in [2.24, 2.45) is 10.8 Å². The number of urea groups is 1. The van der Waals surface area contributed by atoms with Gasteiger partial charge < -0.3 is 11.1 Å². The molecule has 2 amide bonds. The molecule has 7 nitrogen and oxygen atoms in total. The van der Waals surface area contributed by atoms with E-state index < -0.39 is 23.4 Å². The fourth-order valence-electron chi connectivity index (χ4n) is 2.47. The van der Waals surface area contributed by atoms with Gasteiger partial charge in [0.15, 0.2) is 5.78 Å². The molecule has 0 radical (unpaired) electrons. The molecule has 0 bridgehead atoms. The first kappa shape index (κ1) is 19.4. The van der Waals surface area contributed by atoms with Crippen molar-refractivity contribution in [1.82, 2.24) is 5.32 Å². The molecule has 0 aromatic heterocycles. The highest BCUT2D eigenvalue weighted by atomic mass is 32.2. The number of thioether (sulfide) groups is 1. The van der Waals surface area contributed by atoms with Crippen molar-refractivity contribution in [2.75, 3.05) is 0 Å². The molecule has 0 fully saturated rings. The van der Waals surface area contributed by atoms with Gasteiger partial charge in [-0.25, -0.2) is 4.79 Å². The van der Waals surface area contributed by atoms with Gasteiger partial charge in [-0.2, -0.15) is 0 Å². The number of ketones is 1. The number of carbonyl (C=O) groups is 2. The lowest BCUT2D eigenvalue weighted by molar-refractivity contribution is 0.0975. The molecule has 8 heteroatoms. The van der Waals surface area contributed by atoms with Gasteiger partial charge in [-0.15, -0.1) is 11.8 Å². The lowest BCUT2D eigenvalue weighted by Gasteiger charge is -2.29. The number of amides is 2. The van der Waals surface area contributed by atoms with Gasteiger partial charge in [-0.1, -0.05) is 60.6 Å². The minimum Gasteiger partial charge on any atom is -0.352 e.